The first kappa shape index (κ1) is 17.8. The number of ether oxygens (including phenoxy) is 1. The second-order valence-corrected chi connectivity index (χ2v) is 8.50. The molecular formula is C21H24N4O2S. The van der Waals surface area contributed by atoms with Gasteiger partial charge in [0.25, 0.3) is 5.91 Å². The van der Waals surface area contributed by atoms with Crippen molar-refractivity contribution in [2.45, 2.75) is 38.0 Å². The Bertz CT molecular complexity index is 983. The summed E-state index contributed by atoms with van der Waals surface area (Å²) < 4.78 is 5.34. The maximum Gasteiger partial charge on any atom is 0.283 e. The Balaban J connectivity index is 1.44. The normalized spacial score (nSPS) is 18.6. The Kier molecular flexibility index (Phi) is 4.86. The maximum atomic E-state index is 12.7. The molecule has 3 aromatic rings. The quantitative estimate of drug-likeness (QED) is 0.720. The fourth-order valence-electron chi connectivity index (χ4n) is 4.29. The Morgan fingerprint density at radius 3 is 2.86 bits per heavy atom. The Morgan fingerprint density at radius 1 is 1.21 bits per heavy atom. The second kappa shape index (κ2) is 7.64. The standard InChI is InChI=1S/C21H24N4O2S/c26-21(25-6-8-27-9-7-25)20-24-18(13-28-20)17-12-23-19-16(17)10-15(11-22-19)14-4-2-1-3-5-14/h10-14H,1-9H2,(H,22,23). The number of nitrogens with one attached hydrogen (secondary N) is 1. The molecule has 2 fully saturated rings. The number of aromatic amines is 1. The summed E-state index contributed by atoms with van der Waals surface area (Å²) in [4.78, 5) is 27.1. The molecule has 0 spiro atoms. The molecule has 7 heteroatoms. The number of fused-ring (bicyclic) bond motifs is 1. The smallest absolute Gasteiger partial charge is 0.283 e. The van der Waals surface area contributed by atoms with Gasteiger partial charge >= 0.3 is 0 Å². The maximum absolute atomic E-state index is 12.7. The van der Waals surface area contributed by atoms with E-state index in [9.17, 15) is 4.79 Å². The summed E-state index contributed by atoms with van der Waals surface area (Å²) in [6.45, 7) is 2.47. The predicted molar refractivity (Wildman–Crippen MR) is 110 cm³/mol. The number of H-pyrrole nitrogens is 1. The summed E-state index contributed by atoms with van der Waals surface area (Å²) >= 11 is 1.41. The zero-order valence-corrected chi connectivity index (χ0v) is 16.6. The first-order valence-electron chi connectivity index (χ1n) is 10.1. The largest absolute Gasteiger partial charge is 0.378 e. The van der Waals surface area contributed by atoms with Crippen LogP contribution in [0.1, 0.15) is 53.4 Å². The summed E-state index contributed by atoms with van der Waals surface area (Å²) in [7, 11) is 0. The molecule has 1 aliphatic carbocycles. The number of rotatable bonds is 3. The number of morpholine rings is 1. The molecule has 0 aromatic carbocycles. The van der Waals surface area contributed by atoms with Gasteiger partial charge in [-0.25, -0.2) is 9.97 Å². The van der Waals surface area contributed by atoms with Gasteiger partial charge in [-0.3, -0.25) is 4.79 Å². The minimum absolute atomic E-state index is 0.000380. The summed E-state index contributed by atoms with van der Waals surface area (Å²) in [6, 6.07) is 2.27. The van der Waals surface area contributed by atoms with Crippen LogP contribution in [0.2, 0.25) is 0 Å². The number of carbonyl (C=O) groups is 1. The van der Waals surface area contributed by atoms with Crippen LogP contribution in [0.4, 0.5) is 0 Å². The van der Waals surface area contributed by atoms with E-state index in [1.54, 1.807) is 0 Å². The lowest BCUT2D eigenvalue weighted by Gasteiger charge is -2.25. The van der Waals surface area contributed by atoms with Crippen molar-refractivity contribution in [3.05, 3.63) is 34.4 Å². The topological polar surface area (TPSA) is 71.1 Å². The minimum atomic E-state index is 0.000380. The number of thiazole rings is 1. The fourth-order valence-corrected chi connectivity index (χ4v) is 5.07. The number of nitrogens with zero attached hydrogens (tertiary/aromatic N) is 3. The third-order valence-electron chi connectivity index (χ3n) is 5.89. The summed E-state index contributed by atoms with van der Waals surface area (Å²) in [5, 5.41) is 3.62. The molecule has 4 heterocycles. The molecule has 2 aliphatic rings. The van der Waals surface area contributed by atoms with Gasteiger partial charge in [-0.05, 0) is 30.4 Å². The van der Waals surface area contributed by atoms with E-state index in [1.165, 1.54) is 49.0 Å². The Hall–Kier alpha value is -2.25. The molecule has 1 aliphatic heterocycles. The van der Waals surface area contributed by atoms with Crippen molar-refractivity contribution < 1.29 is 9.53 Å². The Labute approximate surface area is 167 Å². The lowest BCUT2D eigenvalue weighted by Crippen LogP contribution is -2.40. The summed E-state index contributed by atoms with van der Waals surface area (Å²) in [5.41, 5.74) is 4.07. The molecule has 28 heavy (non-hydrogen) atoms. The molecule has 1 amide bonds. The molecule has 3 aromatic heterocycles. The third-order valence-corrected chi connectivity index (χ3v) is 6.72. The molecule has 1 N–H and O–H groups in total. The summed E-state index contributed by atoms with van der Waals surface area (Å²) in [5.74, 6) is 0.614. The first-order chi connectivity index (χ1) is 13.8. The average Bonchev–Trinajstić information content (AvgIpc) is 3.41. The number of hydrogen-bond acceptors (Lipinski definition) is 5. The Morgan fingerprint density at radius 2 is 2.04 bits per heavy atom. The zero-order chi connectivity index (χ0) is 18.9. The monoisotopic (exact) mass is 396 g/mol. The molecule has 146 valence electrons. The number of hydrogen-bond donors (Lipinski definition) is 1. The van der Waals surface area contributed by atoms with E-state index >= 15 is 0 Å². The highest BCUT2D eigenvalue weighted by molar-refractivity contribution is 7.12. The van der Waals surface area contributed by atoms with Crippen molar-refractivity contribution in [3.8, 4) is 11.3 Å². The fraction of sp³-hybridized carbons (Fsp3) is 0.476. The van der Waals surface area contributed by atoms with E-state index in [-0.39, 0.29) is 5.91 Å². The van der Waals surface area contributed by atoms with Crippen molar-refractivity contribution in [2.75, 3.05) is 26.3 Å². The van der Waals surface area contributed by atoms with Gasteiger partial charge in [0, 0.05) is 41.8 Å². The van der Waals surface area contributed by atoms with Crippen LogP contribution in [-0.4, -0.2) is 52.1 Å². The van der Waals surface area contributed by atoms with Gasteiger partial charge in [0.15, 0.2) is 5.01 Å². The minimum Gasteiger partial charge on any atom is -0.378 e. The van der Waals surface area contributed by atoms with E-state index in [4.69, 9.17) is 4.74 Å². The van der Waals surface area contributed by atoms with E-state index in [2.05, 4.69) is 21.0 Å². The molecule has 0 radical (unpaired) electrons. The number of amides is 1. The highest BCUT2D eigenvalue weighted by atomic mass is 32.1. The number of pyridine rings is 1. The van der Waals surface area contributed by atoms with Crippen molar-refractivity contribution >= 4 is 28.3 Å². The van der Waals surface area contributed by atoms with Gasteiger partial charge in [-0.1, -0.05) is 19.3 Å². The van der Waals surface area contributed by atoms with Crippen LogP contribution < -0.4 is 0 Å². The van der Waals surface area contributed by atoms with Gasteiger partial charge in [0.2, 0.25) is 0 Å². The number of aromatic nitrogens is 3. The van der Waals surface area contributed by atoms with Crippen LogP contribution in [-0.2, 0) is 4.74 Å². The molecule has 1 saturated carbocycles. The van der Waals surface area contributed by atoms with E-state index in [1.807, 2.05) is 22.7 Å². The molecule has 5 rings (SSSR count). The molecule has 6 nitrogen and oxygen atoms in total. The van der Waals surface area contributed by atoms with Crippen LogP contribution in [0.25, 0.3) is 22.3 Å². The molecule has 0 unspecified atom stereocenters. The van der Waals surface area contributed by atoms with Crippen LogP contribution in [0.15, 0.2) is 23.8 Å². The summed E-state index contributed by atoms with van der Waals surface area (Å²) in [6.07, 6.45) is 10.4. The molecule has 1 saturated heterocycles. The molecule has 0 atom stereocenters. The van der Waals surface area contributed by atoms with Gasteiger partial charge in [0.1, 0.15) is 5.65 Å². The second-order valence-electron chi connectivity index (χ2n) is 7.64. The van der Waals surface area contributed by atoms with Gasteiger partial charge in [-0.15, -0.1) is 11.3 Å². The highest BCUT2D eigenvalue weighted by Crippen LogP contribution is 2.35. The van der Waals surface area contributed by atoms with Crippen molar-refractivity contribution in [3.63, 3.8) is 0 Å². The lowest BCUT2D eigenvalue weighted by molar-refractivity contribution is 0.0303. The third kappa shape index (κ3) is 3.33. The number of carbonyl (C=O) groups excluding carboxylic acids is 1. The van der Waals surface area contributed by atoms with Gasteiger partial charge < -0.3 is 14.6 Å². The van der Waals surface area contributed by atoms with Crippen LogP contribution >= 0.6 is 11.3 Å². The molecule has 0 bridgehead atoms. The lowest BCUT2D eigenvalue weighted by atomic mass is 9.84. The van der Waals surface area contributed by atoms with Crippen molar-refractivity contribution in [1.29, 1.82) is 0 Å². The first-order valence-corrected chi connectivity index (χ1v) is 11.0. The van der Waals surface area contributed by atoms with E-state index in [0.29, 0.717) is 37.2 Å². The van der Waals surface area contributed by atoms with Crippen molar-refractivity contribution in [2.24, 2.45) is 0 Å². The molecular weight excluding hydrogens is 372 g/mol. The van der Waals surface area contributed by atoms with Crippen molar-refractivity contribution in [1.82, 2.24) is 19.9 Å². The van der Waals surface area contributed by atoms with Gasteiger partial charge in [-0.2, -0.15) is 0 Å². The highest BCUT2D eigenvalue weighted by Gasteiger charge is 2.23. The predicted octanol–water partition coefficient (Wildman–Crippen LogP) is 4.21. The van der Waals surface area contributed by atoms with Crippen LogP contribution in [0.5, 0.6) is 0 Å². The van der Waals surface area contributed by atoms with Crippen LogP contribution in [0, 0.1) is 0 Å². The SMILES string of the molecule is O=C(c1nc(-c2c[nH]c3ncc(C4CCCCC4)cc23)cs1)N1CCOCC1. The van der Waals surface area contributed by atoms with Gasteiger partial charge in [0.05, 0.1) is 18.9 Å². The van der Waals surface area contributed by atoms with E-state index < -0.39 is 0 Å². The van der Waals surface area contributed by atoms with E-state index in [0.717, 1.165) is 22.3 Å². The average molecular weight is 397 g/mol. The van der Waals surface area contributed by atoms with Crippen LogP contribution in [0.3, 0.4) is 0 Å². The zero-order valence-electron chi connectivity index (χ0n) is 15.8.